The fourth-order valence-electron chi connectivity index (χ4n) is 2.38. The summed E-state index contributed by atoms with van der Waals surface area (Å²) in [4.78, 5) is 12.3. The van der Waals surface area contributed by atoms with Crippen molar-refractivity contribution >= 4 is 5.97 Å². The van der Waals surface area contributed by atoms with Crippen molar-refractivity contribution in [3.05, 3.63) is 63.7 Å². The average Bonchev–Trinajstić information content (AvgIpc) is 2.42. The van der Waals surface area contributed by atoms with Crippen LogP contribution in [0, 0.1) is 40.0 Å². The molecule has 2 aromatic carbocycles. The van der Waals surface area contributed by atoms with Crippen molar-refractivity contribution in [3.63, 3.8) is 0 Å². The van der Waals surface area contributed by atoms with Crippen LogP contribution in [0.4, 0.5) is 0 Å². The smallest absolute Gasteiger partial charge is 0.343 e. The lowest BCUT2D eigenvalue weighted by Gasteiger charge is -2.12. The summed E-state index contributed by atoms with van der Waals surface area (Å²) in [5.74, 6) is 2.79. The van der Waals surface area contributed by atoms with Crippen LogP contribution in [-0.2, 0) is 0 Å². The summed E-state index contributed by atoms with van der Waals surface area (Å²) in [6, 6.07) is 9.40. The van der Waals surface area contributed by atoms with Gasteiger partial charge in [-0.2, -0.15) is 0 Å². The Hall–Kier alpha value is -2.53. The molecule has 106 valence electrons. The Labute approximate surface area is 125 Å². The van der Waals surface area contributed by atoms with Crippen LogP contribution < -0.4 is 4.74 Å². The summed E-state index contributed by atoms with van der Waals surface area (Å²) in [7, 11) is 0. The molecule has 2 rings (SSSR count). The van der Waals surface area contributed by atoms with Gasteiger partial charge in [0.1, 0.15) is 5.75 Å². The quantitative estimate of drug-likeness (QED) is 0.469. The second kappa shape index (κ2) is 5.85. The molecule has 2 aromatic rings. The number of esters is 1. The number of carbonyl (C=O) groups is 1. The van der Waals surface area contributed by atoms with Crippen LogP contribution >= 0.6 is 0 Å². The van der Waals surface area contributed by atoms with Gasteiger partial charge in [0.25, 0.3) is 0 Å². The lowest BCUT2D eigenvalue weighted by molar-refractivity contribution is 0.0732. The number of hydrogen-bond donors (Lipinski definition) is 0. The van der Waals surface area contributed by atoms with E-state index in [2.05, 4.69) is 5.92 Å². The van der Waals surface area contributed by atoms with Crippen molar-refractivity contribution in [3.8, 4) is 18.1 Å². The summed E-state index contributed by atoms with van der Waals surface area (Å²) in [6.45, 7) is 7.68. The normalized spacial score (nSPS) is 10.0. The third-order valence-corrected chi connectivity index (χ3v) is 3.41. The molecule has 2 nitrogen and oxygen atoms in total. The highest BCUT2D eigenvalue weighted by atomic mass is 16.5. The van der Waals surface area contributed by atoms with Crippen LogP contribution in [0.25, 0.3) is 0 Å². The lowest BCUT2D eigenvalue weighted by atomic mass is 10.0. The first-order valence-corrected chi connectivity index (χ1v) is 6.79. The fourth-order valence-corrected chi connectivity index (χ4v) is 2.38. The molecule has 0 spiro atoms. The summed E-state index contributed by atoms with van der Waals surface area (Å²) >= 11 is 0. The summed E-state index contributed by atoms with van der Waals surface area (Å²) in [5, 5.41) is 0. The maximum atomic E-state index is 12.3. The second-order valence-electron chi connectivity index (χ2n) is 5.29. The van der Waals surface area contributed by atoms with Crippen molar-refractivity contribution in [1.82, 2.24) is 0 Å². The van der Waals surface area contributed by atoms with Crippen LogP contribution in [0.15, 0.2) is 30.3 Å². The number of rotatable bonds is 2. The van der Waals surface area contributed by atoms with Crippen molar-refractivity contribution < 1.29 is 9.53 Å². The molecule has 0 atom stereocenters. The zero-order valence-corrected chi connectivity index (χ0v) is 12.8. The van der Waals surface area contributed by atoms with Gasteiger partial charge in [0.15, 0.2) is 0 Å². The Bertz CT molecular complexity index is 729. The zero-order chi connectivity index (χ0) is 15.6. The molecule has 0 heterocycles. The van der Waals surface area contributed by atoms with Crippen molar-refractivity contribution in [2.24, 2.45) is 0 Å². The monoisotopic (exact) mass is 278 g/mol. The van der Waals surface area contributed by atoms with Gasteiger partial charge in [0.2, 0.25) is 0 Å². The van der Waals surface area contributed by atoms with Crippen LogP contribution in [0.1, 0.15) is 38.2 Å². The zero-order valence-electron chi connectivity index (χ0n) is 12.8. The second-order valence-corrected chi connectivity index (χ2v) is 5.29. The van der Waals surface area contributed by atoms with Gasteiger partial charge in [-0.15, -0.1) is 6.42 Å². The molecule has 0 saturated carbocycles. The van der Waals surface area contributed by atoms with Crippen molar-refractivity contribution in [1.29, 1.82) is 0 Å². The molecule has 0 bridgehead atoms. The van der Waals surface area contributed by atoms with Gasteiger partial charge in [0.05, 0.1) is 5.56 Å². The Balaban J connectivity index is 2.38. The Morgan fingerprint density at radius 3 is 2.24 bits per heavy atom. The summed E-state index contributed by atoms with van der Waals surface area (Å²) in [5.41, 5.74) is 5.07. The van der Waals surface area contributed by atoms with E-state index in [9.17, 15) is 4.79 Å². The molecule has 0 unspecified atom stereocenters. The van der Waals surface area contributed by atoms with E-state index >= 15 is 0 Å². The SMILES string of the molecule is C#Cc1ccc(C)c(OC(=O)c2cc(C)cc(C)c2)c1C. The van der Waals surface area contributed by atoms with Crippen molar-refractivity contribution in [2.75, 3.05) is 0 Å². The molecule has 0 fully saturated rings. The van der Waals surface area contributed by atoms with Gasteiger partial charge in [0, 0.05) is 11.1 Å². The topological polar surface area (TPSA) is 26.3 Å². The lowest BCUT2D eigenvalue weighted by Crippen LogP contribution is -2.11. The van der Waals surface area contributed by atoms with E-state index in [0.29, 0.717) is 11.3 Å². The maximum Gasteiger partial charge on any atom is 0.343 e. The van der Waals surface area contributed by atoms with Gasteiger partial charge < -0.3 is 4.74 Å². The van der Waals surface area contributed by atoms with E-state index in [1.165, 1.54) is 0 Å². The predicted molar refractivity (Wildman–Crippen MR) is 84.7 cm³/mol. The molecule has 0 amide bonds. The minimum absolute atomic E-state index is 0.359. The van der Waals surface area contributed by atoms with Gasteiger partial charge in [-0.05, 0) is 51.5 Å². The van der Waals surface area contributed by atoms with Gasteiger partial charge in [-0.25, -0.2) is 4.79 Å². The Morgan fingerprint density at radius 1 is 1.05 bits per heavy atom. The van der Waals surface area contributed by atoms with Gasteiger partial charge in [-0.1, -0.05) is 29.2 Å². The first-order chi connectivity index (χ1) is 9.92. The van der Waals surface area contributed by atoms with E-state index in [1.807, 2.05) is 58.0 Å². The third-order valence-electron chi connectivity index (χ3n) is 3.41. The number of ether oxygens (including phenoxy) is 1. The molecule has 0 aliphatic rings. The molecule has 0 saturated heterocycles. The highest BCUT2D eigenvalue weighted by Crippen LogP contribution is 2.27. The molecule has 0 N–H and O–H groups in total. The highest BCUT2D eigenvalue weighted by Gasteiger charge is 2.14. The molecule has 0 aliphatic carbocycles. The number of carbonyl (C=O) groups excluding carboxylic acids is 1. The average molecular weight is 278 g/mol. The number of hydrogen-bond acceptors (Lipinski definition) is 2. The van der Waals surface area contributed by atoms with E-state index < -0.39 is 0 Å². The molecular formula is C19H18O2. The molecule has 2 heteroatoms. The first kappa shape index (κ1) is 14.9. The van der Waals surface area contributed by atoms with E-state index in [4.69, 9.17) is 11.2 Å². The fraction of sp³-hybridized carbons (Fsp3) is 0.211. The van der Waals surface area contributed by atoms with Gasteiger partial charge in [-0.3, -0.25) is 0 Å². The highest BCUT2D eigenvalue weighted by molar-refractivity contribution is 5.92. The van der Waals surface area contributed by atoms with E-state index in [-0.39, 0.29) is 5.97 Å². The number of benzene rings is 2. The van der Waals surface area contributed by atoms with Crippen LogP contribution in [0.3, 0.4) is 0 Å². The minimum atomic E-state index is -0.359. The Kier molecular flexibility index (Phi) is 4.14. The van der Waals surface area contributed by atoms with E-state index in [1.54, 1.807) is 0 Å². The van der Waals surface area contributed by atoms with Crippen LogP contribution in [-0.4, -0.2) is 5.97 Å². The molecule has 0 radical (unpaired) electrons. The van der Waals surface area contributed by atoms with Crippen LogP contribution in [0.2, 0.25) is 0 Å². The Morgan fingerprint density at radius 2 is 1.67 bits per heavy atom. The summed E-state index contributed by atoms with van der Waals surface area (Å²) in [6.07, 6.45) is 5.46. The molecule has 21 heavy (non-hydrogen) atoms. The molecule has 0 aliphatic heterocycles. The first-order valence-electron chi connectivity index (χ1n) is 6.79. The largest absolute Gasteiger partial charge is 0.422 e. The predicted octanol–water partition coefficient (Wildman–Crippen LogP) is 4.12. The third kappa shape index (κ3) is 3.14. The molecular weight excluding hydrogens is 260 g/mol. The van der Waals surface area contributed by atoms with Crippen molar-refractivity contribution in [2.45, 2.75) is 27.7 Å². The standard InChI is InChI=1S/C19H18O2/c1-6-16-8-7-14(4)18(15(16)5)21-19(20)17-10-12(2)9-13(3)11-17/h1,7-11H,2-5H3. The minimum Gasteiger partial charge on any atom is -0.422 e. The van der Waals surface area contributed by atoms with E-state index in [0.717, 1.165) is 27.8 Å². The summed E-state index contributed by atoms with van der Waals surface area (Å²) < 4.78 is 5.58. The number of aryl methyl sites for hydroxylation is 3. The van der Waals surface area contributed by atoms with Crippen LogP contribution in [0.5, 0.6) is 5.75 Å². The number of terminal acetylenes is 1. The van der Waals surface area contributed by atoms with Gasteiger partial charge >= 0.3 is 5.97 Å². The maximum absolute atomic E-state index is 12.3. The molecule has 0 aromatic heterocycles.